The van der Waals surface area contributed by atoms with Gasteiger partial charge in [-0.2, -0.15) is 0 Å². The largest absolute Gasteiger partial charge is 0.321 e. The van der Waals surface area contributed by atoms with E-state index >= 15 is 0 Å². The van der Waals surface area contributed by atoms with Crippen molar-refractivity contribution in [1.82, 2.24) is 4.98 Å². The summed E-state index contributed by atoms with van der Waals surface area (Å²) in [4.78, 5) is 28.9. The maximum absolute atomic E-state index is 12.9. The summed E-state index contributed by atoms with van der Waals surface area (Å²) in [7, 11) is 0. The number of aromatic nitrogens is 1. The summed E-state index contributed by atoms with van der Waals surface area (Å²) in [5.74, 6) is -1.37. The third kappa shape index (κ3) is 4.68. The van der Waals surface area contributed by atoms with E-state index in [1.807, 2.05) is 6.92 Å². The molecule has 0 aliphatic carbocycles. The minimum atomic E-state index is -0.504. The molecule has 0 saturated carbocycles. The van der Waals surface area contributed by atoms with Crippen molar-refractivity contribution in [2.45, 2.75) is 6.92 Å². The normalized spacial score (nSPS) is 10.3. The van der Waals surface area contributed by atoms with Gasteiger partial charge in [-0.1, -0.05) is 23.7 Å². The van der Waals surface area contributed by atoms with Gasteiger partial charge in [0.1, 0.15) is 17.2 Å². The Bertz CT molecular complexity index is 1010. The van der Waals surface area contributed by atoms with Crippen LogP contribution in [0.3, 0.4) is 0 Å². The van der Waals surface area contributed by atoms with E-state index in [0.717, 1.165) is 5.56 Å². The Morgan fingerprint density at radius 2 is 1.56 bits per heavy atom. The molecular weight excluding hydrogens is 369 g/mol. The molecule has 5 nitrogen and oxygen atoms in total. The second-order valence-electron chi connectivity index (χ2n) is 5.78. The summed E-state index contributed by atoms with van der Waals surface area (Å²) in [6.07, 6.45) is 0. The number of aryl methyl sites for hydroxylation is 1. The molecule has 0 unspecified atom stereocenters. The Labute approximate surface area is 160 Å². The van der Waals surface area contributed by atoms with Crippen LogP contribution in [0.15, 0.2) is 60.7 Å². The van der Waals surface area contributed by atoms with Gasteiger partial charge in [0.2, 0.25) is 0 Å². The van der Waals surface area contributed by atoms with Gasteiger partial charge in [-0.15, -0.1) is 0 Å². The van der Waals surface area contributed by atoms with Gasteiger partial charge in [-0.25, -0.2) is 9.37 Å². The van der Waals surface area contributed by atoms with Crippen LogP contribution in [-0.2, 0) is 0 Å². The Kier molecular flexibility index (Phi) is 5.47. The summed E-state index contributed by atoms with van der Waals surface area (Å²) < 4.78 is 12.9. The minimum Gasteiger partial charge on any atom is -0.321 e. The highest BCUT2D eigenvalue weighted by Crippen LogP contribution is 2.20. The minimum absolute atomic E-state index is 0.0646. The lowest BCUT2D eigenvalue weighted by molar-refractivity contribution is 0.101. The van der Waals surface area contributed by atoms with E-state index in [2.05, 4.69) is 15.6 Å². The third-order valence-corrected chi connectivity index (χ3v) is 4.00. The number of amides is 2. The van der Waals surface area contributed by atoms with Crippen LogP contribution < -0.4 is 10.6 Å². The molecule has 0 spiro atoms. The van der Waals surface area contributed by atoms with Crippen molar-refractivity contribution in [3.05, 3.63) is 88.5 Å². The Morgan fingerprint density at radius 3 is 2.22 bits per heavy atom. The second kappa shape index (κ2) is 7.97. The van der Waals surface area contributed by atoms with Crippen molar-refractivity contribution in [1.29, 1.82) is 0 Å². The molecule has 0 aliphatic heterocycles. The van der Waals surface area contributed by atoms with Gasteiger partial charge in [0, 0.05) is 16.4 Å². The number of hydrogen-bond acceptors (Lipinski definition) is 3. The number of anilines is 2. The van der Waals surface area contributed by atoms with Gasteiger partial charge >= 0.3 is 0 Å². The Balaban J connectivity index is 1.76. The molecule has 0 bridgehead atoms. The van der Waals surface area contributed by atoms with Crippen LogP contribution in [0.25, 0.3) is 0 Å². The van der Waals surface area contributed by atoms with Crippen LogP contribution in [0.1, 0.15) is 26.5 Å². The molecule has 2 N–H and O–H groups in total. The van der Waals surface area contributed by atoms with E-state index < -0.39 is 17.6 Å². The molecule has 2 amide bonds. The van der Waals surface area contributed by atoms with Gasteiger partial charge in [0.25, 0.3) is 11.8 Å². The molecule has 1 aromatic heterocycles. The van der Waals surface area contributed by atoms with Crippen molar-refractivity contribution in [2.24, 2.45) is 0 Å². The smallest absolute Gasteiger partial charge is 0.274 e. The van der Waals surface area contributed by atoms with Crippen molar-refractivity contribution >= 4 is 34.8 Å². The molecule has 3 aromatic rings. The first-order valence-electron chi connectivity index (χ1n) is 8.04. The average molecular weight is 384 g/mol. The molecule has 0 aliphatic rings. The van der Waals surface area contributed by atoms with Gasteiger partial charge in [-0.3, -0.25) is 9.59 Å². The molecule has 7 heteroatoms. The monoisotopic (exact) mass is 383 g/mol. The van der Waals surface area contributed by atoms with Crippen LogP contribution in [0, 0.1) is 12.7 Å². The fourth-order valence-electron chi connectivity index (χ4n) is 2.33. The molecule has 1 heterocycles. The highest BCUT2D eigenvalue weighted by atomic mass is 35.5. The van der Waals surface area contributed by atoms with Gasteiger partial charge < -0.3 is 10.6 Å². The molecule has 0 radical (unpaired) electrons. The number of pyridine rings is 1. The van der Waals surface area contributed by atoms with Crippen LogP contribution in [0.4, 0.5) is 15.8 Å². The second-order valence-corrected chi connectivity index (χ2v) is 6.22. The molecular formula is C20H15ClFN3O2. The Hall–Kier alpha value is -3.25. The van der Waals surface area contributed by atoms with E-state index in [1.54, 1.807) is 24.3 Å². The maximum atomic E-state index is 12.9. The zero-order valence-corrected chi connectivity index (χ0v) is 15.0. The zero-order valence-electron chi connectivity index (χ0n) is 14.3. The number of hydrogen-bond donors (Lipinski definition) is 2. The van der Waals surface area contributed by atoms with E-state index in [1.165, 1.54) is 36.4 Å². The fourth-order valence-corrected chi connectivity index (χ4v) is 2.50. The van der Waals surface area contributed by atoms with E-state index in [4.69, 9.17) is 11.6 Å². The molecule has 3 rings (SSSR count). The van der Waals surface area contributed by atoms with Crippen molar-refractivity contribution in [3.63, 3.8) is 0 Å². The number of nitrogens with zero attached hydrogens (tertiary/aromatic N) is 1. The third-order valence-electron chi connectivity index (χ3n) is 3.76. The predicted molar refractivity (Wildman–Crippen MR) is 103 cm³/mol. The SMILES string of the molecule is Cc1ccc(Cl)cc1NC(=O)c1cccc(C(=O)Nc2ccc(F)cc2)n1. The molecule has 0 fully saturated rings. The lowest BCUT2D eigenvalue weighted by Gasteiger charge is -2.09. The summed E-state index contributed by atoms with van der Waals surface area (Å²) in [5.41, 5.74) is 1.98. The van der Waals surface area contributed by atoms with Crippen molar-refractivity contribution < 1.29 is 14.0 Å². The molecule has 0 saturated heterocycles. The number of benzene rings is 2. The first kappa shape index (κ1) is 18.5. The highest BCUT2D eigenvalue weighted by molar-refractivity contribution is 6.31. The number of rotatable bonds is 4. The van der Waals surface area contributed by atoms with Crippen LogP contribution in [0.5, 0.6) is 0 Å². The molecule has 136 valence electrons. The first-order chi connectivity index (χ1) is 12.9. The topological polar surface area (TPSA) is 71.1 Å². The first-order valence-corrected chi connectivity index (χ1v) is 8.41. The summed E-state index contributed by atoms with van der Waals surface area (Å²) in [6, 6.07) is 15.1. The molecule has 2 aromatic carbocycles. The molecule has 0 atom stereocenters. The molecule has 27 heavy (non-hydrogen) atoms. The number of carbonyl (C=O) groups is 2. The zero-order chi connectivity index (χ0) is 19.4. The lowest BCUT2D eigenvalue weighted by atomic mass is 10.2. The summed E-state index contributed by atoms with van der Waals surface area (Å²) in [6.45, 7) is 1.84. The van der Waals surface area contributed by atoms with Crippen LogP contribution >= 0.6 is 11.6 Å². The number of nitrogens with one attached hydrogen (secondary N) is 2. The predicted octanol–water partition coefficient (Wildman–Crippen LogP) is 4.69. The van der Waals surface area contributed by atoms with Crippen molar-refractivity contribution in [2.75, 3.05) is 10.6 Å². The van der Waals surface area contributed by atoms with Crippen molar-refractivity contribution in [3.8, 4) is 0 Å². The van der Waals surface area contributed by atoms with Gasteiger partial charge in [0.05, 0.1) is 0 Å². The van der Waals surface area contributed by atoms with E-state index in [0.29, 0.717) is 16.4 Å². The Morgan fingerprint density at radius 1 is 0.926 bits per heavy atom. The highest BCUT2D eigenvalue weighted by Gasteiger charge is 2.14. The van der Waals surface area contributed by atoms with E-state index in [9.17, 15) is 14.0 Å². The summed E-state index contributed by atoms with van der Waals surface area (Å²) >= 11 is 5.96. The fraction of sp³-hybridized carbons (Fsp3) is 0.0500. The summed E-state index contributed by atoms with van der Waals surface area (Å²) in [5, 5.41) is 5.83. The van der Waals surface area contributed by atoms with Gasteiger partial charge in [-0.05, 0) is 61.0 Å². The maximum Gasteiger partial charge on any atom is 0.274 e. The quantitative estimate of drug-likeness (QED) is 0.686. The standard InChI is InChI=1S/C20H15ClFN3O2/c1-12-5-6-13(21)11-18(12)25-20(27)17-4-2-3-16(24-17)19(26)23-15-9-7-14(22)8-10-15/h2-11H,1H3,(H,23,26)(H,25,27). The van der Waals surface area contributed by atoms with Crippen LogP contribution in [-0.4, -0.2) is 16.8 Å². The lowest BCUT2D eigenvalue weighted by Crippen LogP contribution is -2.18. The number of halogens is 2. The number of carbonyl (C=O) groups excluding carboxylic acids is 2. The average Bonchev–Trinajstić information content (AvgIpc) is 2.66. The van der Waals surface area contributed by atoms with Crippen LogP contribution in [0.2, 0.25) is 5.02 Å². The van der Waals surface area contributed by atoms with Gasteiger partial charge in [0.15, 0.2) is 0 Å². The van der Waals surface area contributed by atoms with E-state index in [-0.39, 0.29) is 11.4 Å².